The van der Waals surface area contributed by atoms with Crippen LogP contribution in [0, 0.1) is 17.8 Å². The lowest BCUT2D eigenvalue weighted by atomic mass is 9.79. The summed E-state index contributed by atoms with van der Waals surface area (Å²) in [6.07, 6.45) is 7.47. The van der Waals surface area contributed by atoms with Crippen molar-refractivity contribution < 1.29 is 10.2 Å². The van der Waals surface area contributed by atoms with E-state index in [0.717, 1.165) is 18.8 Å². The van der Waals surface area contributed by atoms with E-state index in [1.807, 2.05) is 0 Å². The van der Waals surface area contributed by atoms with Gasteiger partial charge in [-0.05, 0) is 69.4 Å². The molecule has 1 heterocycles. The Hall–Kier alpha value is -0.120. The number of aliphatic hydroxyl groups is 2. The molecular weight excluding hydrogens is 226 g/mol. The van der Waals surface area contributed by atoms with Gasteiger partial charge < -0.3 is 15.1 Å². The maximum atomic E-state index is 9.77. The first-order valence-electron chi connectivity index (χ1n) is 7.81. The van der Waals surface area contributed by atoms with Crippen LogP contribution < -0.4 is 0 Å². The van der Waals surface area contributed by atoms with Gasteiger partial charge in [-0.3, -0.25) is 0 Å². The van der Waals surface area contributed by atoms with Crippen LogP contribution in [0.25, 0.3) is 0 Å². The molecule has 0 aromatic rings. The van der Waals surface area contributed by atoms with Crippen LogP contribution >= 0.6 is 0 Å². The monoisotopic (exact) mass is 253 g/mol. The second kappa shape index (κ2) is 5.48. The molecule has 0 spiro atoms. The Labute approximate surface area is 110 Å². The van der Waals surface area contributed by atoms with E-state index in [0.29, 0.717) is 11.8 Å². The molecule has 0 aromatic carbocycles. The summed E-state index contributed by atoms with van der Waals surface area (Å²) in [6, 6.07) is 0. The van der Waals surface area contributed by atoms with E-state index in [9.17, 15) is 10.2 Å². The molecule has 3 aliphatic rings. The minimum atomic E-state index is -0.458. The predicted octanol–water partition coefficient (Wildman–Crippen LogP) is 1.63. The molecule has 0 bridgehead atoms. The third-order valence-electron chi connectivity index (χ3n) is 5.44. The van der Waals surface area contributed by atoms with Crippen LogP contribution in [0.3, 0.4) is 0 Å². The van der Waals surface area contributed by atoms with E-state index < -0.39 is 12.2 Å². The Morgan fingerprint density at radius 3 is 1.89 bits per heavy atom. The lowest BCUT2D eigenvalue weighted by molar-refractivity contribution is -0.0408. The van der Waals surface area contributed by atoms with Crippen molar-refractivity contribution in [2.45, 2.75) is 57.2 Å². The zero-order valence-electron chi connectivity index (χ0n) is 11.3. The molecule has 3 rings (SSSR count). The smallest absolute Gasteiger partial charge is 0.0802 e. The molecule has 4 atom stereocenters. The normalized spacial score (nSPS) is 43.0. The molecule has 3 nitrogen and oxygen atoms in total. The van der Waals surface area contributed by atoms with Crippen molar-refractivity contribution >= 4 is 0 Å². The summed E-state index contributed by atoms with van der Waals surface area (Å²) < 4.78 is 0. The van der Waals surface area contributed by atoms with Gasteiger partial charge in [-0.2, -0.15) is 0 Å². The van der Waals surface area contributed by atoms with Gasteiger partial charge in [-0.15, -0.1) is 0 Å². The van der Waals surface area contributed by atoms with Crippen LogP contribution in [0.5, 0.6) is 0 Å². The maximum absolute atomic E-state index is 9.77. The minimum absolute atomic E-state index is 0.458. The summed E-state index contributed by atoms with van der Waals surface area (Å²) in [5.74, 6) is 2.17. The number of likely N-dealkylation sites (tertiary alicyclic amines) is 1. The zero-order valence-corrected chi connectivity index (χ0v) is 11.3. The topological polar surface area (TPSA) is 43.7 Å². The van der Waals surface area contributed by atoms with Crippen LogP contribution in [-0.4, -0.2) is 47.0 Å². The highest BCUT2D eigenvalue weighted by Crippen LogP contribution is 2.45. The van der Waals surface area contributed by atoms with Crippen LogP contribution in [0.2, 0.25) is 0 Å². The van der Waals surface area contributed by atoms with E-state index in [1.165, 1.54) is 51.7 Å². The second-order valence-electron chi connectivity index (χ2n) is 6.82. The van der Waals surface area contributed by atoms with Gasteiger partial charge in [0.2, 0.25) is 0 Å². The summed E-state index contributed by atoms with van der Waals surface area (Å²) in [5.41, 5.74) is 0. The summed E-state index contributed by atoms with van der Waals surface area (Å²) >= 11 is 0. The summed E-state index contributed by atoms with van der Waals surface area (Å²) in [7, 11) is 0. The zero-order chi connectivity index (χ0) is 12.5. The Kier molecular flexibility index (Phi) is 3.92. The first-order chi connectivity index (χ1) is 8.72. The molecule has 18 heavy (non-hydrogen) atoms. The largest absolute Gasteiger partial charge is 0.390 e. The molecule has 104 valence electrons. The molecule has 0 unspecified atom stereocenters. The van der Waals surface area contributed by atoms with Crippen molar-refractivity contribution in [3.63, 3.8) is 0 Å². The Morgan fingerprint density at radius 2 is 1.33 bits per heavy atom. The number of piperidine rings is 1. The number of hydrogen-bond acceptors (Lipinski definition) is 3. The maximum Gasteiger partial charge on any atom is 0.0802 e. The number of hydrogen-bond donors (Lipinski definition) is 2. The molecule has 1 saturated heterocycles. The molecule has 1 aliphatic heterocycles. The second-order valence-corrected chi connectivity index (χ2v) is 6.82. The van der Waals surface area contributed by atoms with Gasteiger partial charge >= 0.3 is 0 Å². The van der Waals surface area contributed by atoms with E-state index in [2.05, 4.69) is 4.90 Å². The Morgan fingerprint density at radius 1 is 0.778 bits per heavy atom. The van der Waals surface area contributed by atoms with Gasteiger partial charge in [-0.25, -0.2) is 0 Å². The number of rotatable bonds is 2. The molecule has 2 N–H and O–H groups in total. The Bertz CT molecular complexity index is 260. The summed E-state index contributed by atoms with van der Waals surface area (Å²) in [4.78, 5) is 2.64. The van der Waals surface area contributed by atoms with Gasteiger partial charge in [0.05, 0.1) is 12.2 Å². The van der Waals surface area contributed by atoms with Crippen molar-refractivity contribution in [3.05, 3.63) is 0 Å². The molecule has 0 aromatic heterocycles. The van der Waals surface area contributed by atoms with Gasteiger partial charge in [0.25, 0.3) is 0 Å². The lowest BCUT2D eigenvalue weighted by Gasteiger charge is -2.32. The van der Waals surface area contributed by atoms with E-state index >= 15 is 0 Å². The average molecular weight is 253 g/mol. The molecule has 2 saturated carbocycles. The van der Waals surface area contributed by atoms with Crippen molar-refractivity contribution in [1.29, 1.82) is 0 Å². The predicted molar refractivity (Wildman–Crippen MR) is 71.2 cm³/mol. The fraction of sp³-hybridized carbons (Fsp3) is 1.00. The third-order valence-corrected chi connectivity index (χ3v) is 5.44. The minimum Gasteiger partial charge on any atom is -0.390 e. The quantitative estimate of drug-likeness (QED) is 0.786. The molecular formula is C15H27NO2. The van der Waals surface area contributed by atoms with Crippen LogP contribution in [0.15, 0.2) is 0 Å². The highest BCUT2D eigenvalue weighted by Gasteiger charge is 2.41. The Balaban J connectivity index is 1.51. The van der Waals surface area contributed by atoms with Crippen LogP contribution in [-0.2, 0) is 0 Å². The molecule has 2 aliphatic carbocycles. The van der Waals surface area contributed by atoms with Crippen LogP contribution in [0.4, 0.5) is 0 Å². The van der Waals surface area contributed by atoms with Gasteiger partial charge in [0.15, 0.2) is 0 Å². The first kappa shape index (κ1) is 12.9. The van der Waals surface area contributed by atoms with E-state index in [4.69, 9.17) is 0 Å². The third kappa shape index (κ3) is 2.73. The summed E-state index contributed by atoms with van der Waals surface area (Å²) in [6.45, 7) is 3.84. The SMILES string of the molecule is O[C@@H]1C[C@@H]2CC(CN3CCCCC3)C[C@H]2C[C@H]1O. The average Bonchev–Trinajstić information content (AvgIpc) is 2.72. The molecule has 0 radical (unpaired) electrons. The molecule has 3 heteroatoms. The van der Waals surface area contributed by atoms with Gasteiger partial charge in [0, 0.05) is 6.54 Å². The fourth-order valence-corrected chi connectivity index (χ4v) is 4.51. The van der Waals surface area contributed by atoms with Crippen LogP contribution in [0.1, 0.15) is 44.9 Å². The number of nitrogens with zero attached hydrogens (tertiary/aromatic N) is 1. The van der Waals surface area contributed by atoms with Crippen molar-refractivity contribution in [1.82, 2.24) is 4.90 Å². The molecule has 3 fully saturated rings. The highest BCUT2D eigenvalue weighted by atomic mass is 16.3. The number of fused-ring (bicyclic) bond motifs is 1. The first-order valence-corrected chi connectivity index (χ1v) is 7.81. The highest BCUT2D eigenvalue weighted by molar-refractivity contribution is 4.93. The lowest BCUT2D eigenvalue weighted by Crippen LogP contribution is -2.36. The van der Waals surface area contributed by atoms with E-state index in [-0.39, 0.29) is 0 Å². The summed E-state index contributed by atoms with van der Waals surface area (Å²) in [5, 5.41) is 19.5. The van der Waals surface area contributed by atoms with Gasteiger partial charge in [0.1, 0.15) is 0 Å². The van der Waals surface area contributed by atoms with Crippen molar-refractivity contribution in [2.75, 3.05) is 19.6 Å². The fourth-order valence-electron chi connectivity index (χ4n) is 4.51. The standard InChI is InChI=1S/C15H27NO2/c17-14-8-12-6-11(7-13(12)9-15(14)18)10-16-4-2-1-3-5-16/h11-15,17-18H,1-10H2/t12-,13-,14+,15+/m0/s1. The number of aliphatic hydroxyl groups excluding tert-OH is 2. The van der Waals surface area contributed by atoms with Crippen molar-refractivity contribution in [3.8, 4) is 0 Å². The van der Waals surface area contributed by atoms with E-state index in [1.54, 1.807) is 0 Å². The molecule has 0 amide bonds. The van der Waals surface area contributed by atoms with Gasteiger partial charge in [-0.1, -0.05) is 6.42 Å². The van der Waals surface area contributed by atoms with Crippen molar-refractivity contribution in [2.24, 2.45) is 17.8 Å².